The lowest BCUT2D eigenvalue weighted by atomic mass is 10.1. The maximum absolute atomic E-state index is 11.9. The molecule has 0 saturated heterocycles. The van der Waals surface area contributed by atoms with E-state index in [9.17, 15) is 27.6 Å². The molecule has 0 aliphatic heterocycles. The average molecular weight is 393 g/mol. The number of unbranched alkanes of at least 4 members (excludes halogenated alkanes) is 3. The van der Waals surface area contributed by atoms with E-state index in [4.69, 9.17) is 11.2 Å². The Labute approximate surface area is 156 Å². The first-order chi connectivity index (χ1) is 12.7. The van der Waals surface area contributed by atoms with Gasteiger partial charge in [-0.25, -0.2) is 0 Å². The maximum Gasteiger partial charge on any atom is 0.471 e. The Kier molecular flexibility index (Phi) is 12.7. The minimum absolute atomic E-state index is 0.104. The van der Waals surface area contributed by atoms with Crippen LogP contribution in [-0.2, 0) is 19.1 Å². The van der Waals surface area contributed by atoms with E-state index < -0.39 is 23.9 Å². The molecule has 27 heavy (non-hydrogen) atoms. The number of carbonyl (C=O) groups is 3. The van der Waals surface area contributed by atoms with Crippen LogP contribution in [0.2, 0.25) is 0 Å². The third-order valence-electron chi connectivity index (χ3n) is 3.37. The molecule has 0 rings (SSSR count). The van der Waals surface area contributed by atoms with Crippen molar-refractivity contribution in [3.63, 3.8) is 0 Å². The smallest absolute Gasteiger partial charge is 0.369 e. The van der Waals surface area contributed by atoms with Crippen molar-refractivity contribution >= 4 is 17.7 Å². The van der Waals surface area contributed by atoms with Crippen LogP contribution >= 0.6 is 0 Å². The Hall–Kier alpha value is -2.28. The molecule has 10 heteroatoms. The second kappa shape index (κ2) is 13.9. The number of terminal acetylenes is 1. The first-order valence-corrected chi connectivity index (χ1v) is 8.60. The summed E-state index contributed by atoms with van der Waals surface area (Å²) in [6.45, 7) is 0.746. The minimum atomic E-state index is -4.96. The van der Waals surface area contributed by atoms with Gasteiger partial charge in [-0.2, -0.15) is 13.2 Å². The number of hydrogen-bond donors (Lipinski definition) is 3. The van der Waals surface area contributed by atoms with Crippen molar-refractivity contribution in [1.82, 2.24) is 16.0 Å². The summed E-state index contributed by atoms with van der Waals surface area (Å²) < 4.78 is 41.1. The van der Waals surface area contributed by atoms with Crippen molar-refractivity contribution in [3.8, 4) is 12.3 Å². The summed E-state index contributed by atoms with van der Waals surface area (Å²) in [6.07, 6.45) is 4.52. The predicted molar refractivity (Wildman–Crippen MR) is 92.4 cm³/mol. The van der Waals surface area contributed by atoms with Crippen molar-refractivity contribution in [2.75, 3.05) is 26.2 Å². The number of hydrogen-bond acceptors (Lipinski definition) is 4. The van der Waals surface area contributed by atoms with Gasteiger partial charge in [0.1, 0.15) is 6.61 Å². The largest absolute Gasteiger partial charge is 0.471 e. The van der Waals surface area contributed by atoms with Crippen LogP contribution in [-0.4, -0.2) is 56.2 Å². The fraction of sp³-hybridized carbons (Fsp3) is 0.706. The standard InChI is InChI=1S/C17H26F3N3O4/c1-3-4-5-6-7-8-13(2)27-12-15(25)23-11-14(24)21-9-10-22-16(26)17(18,19)20/h1,13H,4-12H2,2H3,(H,21,24)(H,22,26)(H,23,25). The van der Waals surface area contributed by atoms with Crippen LogP contribution in [0.25, 0.3) is 0 Å². The van der Waals surface area contributed by atoms with E-state index in [0.717, 1.165) is 32.1 Å². The van der Waals surface area contributed by atoms with E-state index in [-0.39, 0.29) is 32.3 Å². The molecule has 0 saturated carbocycles. The van der Waals surface area contributed by atoms with Gasteiger partial charge in [0.2, 0.25) is 11.8 Å². The van der Waals surface area contributed by atoms with Gasteiger partial charge in [-0.1, -0.05) is 12.8 Å². The monoisotopic (exact) mass is 393 g/mol. The van der Waals surface area contributed by atoms with E-state index in [2.05, 4.69) is 16.6 Å². The molecule has 0 aliphatic carbocycles. The maximum atomic E-state index is 11.9. The van der Waals surface area contributed by atoms with Crippen molar-refractivity contribution < 1.29 is 32.3 Å². The molecule has 0 fully saturated rings. The molecule has 0 heterocycles. The van der Waals surface area contributed by atoms with E-state index in [1.807, 2.05) is 6.92 Å². The topological polar surface area (TPSA) is 96.5 Å². The van der Waals surface area contributed by atoms with Crippen molar-refractivity contribution in [3.05, 3.63) is 0 Å². The summed E-state index contributed by atoms with van der Waals surface area (Å²) in [7, 11) is 0. The molecule has 1 unspecified atom stereocenters. The molecule has 0 aromatic carbocycles. The van der Waals surface area contributed by atoms with Crippen molar-refractivity contribution in [1.29, 1.82) is 0 Å². The zero-order chi connectivity index (χ0) is 20.7. The fourth-order valence-electron chi connectivity index (χ4n) is 1.91. The number of ether oxygens (including phenoxy) is 1. The number of nitrogens with one attached hydrogen (secondary N) is 3. The van der Waals surface area contributed by atoms with Crippen LogP contribution in [0.15, 0.2) is 0 Å². The molecule has 0 aliphatic rings. The SMILES string of the molecule is C#CCCCCCC(C)OCC(=O)NCC(=O)NCCNC(=O)C(F)(F)F. The van der Waals surface area contributed by atoms with Crippen LogP contribution in [0.1, 0.15) is 39.0 Å². The lowest BCUT2D eigenvalue weighted by Gasteiger charge is -2.13. The molecule has 0 spiro atoms. The predicted octanol–water partition coefficient (Wildman–Crippen LogP) is 0.886. The molecular formula is C17H26F3N3O4. The first-order valence-electron chi connectivity index (χ1n) is 8.60. The fourth-order valence-corrected chi connectivity index (χ4v) is 1.91. The Morgan fingerprint density at radius 2 is 1.70 bits per heavy atom. The first kappa shape index (κ1) is 24.7. The highest BCUT2D eigenvalue weighted by atomic mass is 19.4. The molecule has 0 radical (unpaired) electrons. The molecule has 3 amide bonds. The highest BCUT2D eigenvalue weighted by molar-refractivity contribution is 5.85. The van der Waals surface area contributed by atoms with Crippen LogP contribution in [0.3, 0.4) is 0 Å². The Bertz CT molecular complexity index is 519. The van der Waals surface area contributed by atoms with Gasteiger partial charge in [0.15, 0.2) is 0 Å². The molecule has 1 atom stereocenters. The molecule has 154 valence electrons. The minimum Gasteiger partial charge on any atom is -0.369 e. The Balaban J connectivity index is 3.70. The van der Waals surface area contributed by atoms with E-state index >= 15 is 0 Å². The van der Waals surface area contributed by atoms with Crippen LogP contribution < -0.4 is 16.0 Å². The number of halogens is 3. The summed E-state index contributed by atoms with van der Waals surface area (Å²) in [5.41, 5.74) is 0. The summed E-state index contributed by atoms with van der Waals surface area (Å²) in [5.74, 6) is -0.580. The Morgan fingerprint density at radius 3 is 2.33 bits per heavy atom. The molecule has 0 aromatic heterocycles. The van der Waals surface area contributed by atoms with Gasteiger partial charge >= 0.3 is 12.1 Å². The molecule has 0 aromatic rings. The second-order valence-corrected chi connectivity index (χ2v) is 5.81. The molecular weight excluding hydrogens is 367 g/mol. The number of carbonyl (C=O) groups excluding carboxylic acids is 3. The summed E-state index contributed by atoms with van der Waals surface area (Å²) in [6, 6.07) is 0. The van der Waals surface area contributed by atoms with Crippen LogP contribution in [0.5, 0.6) is 0 Å². The third-order valence-corrected chi connectivity index (χ3v) is 3.37. The summed E-state index contributed by atoms with van der Waals surface area (Å²) in [5, 5.41) is 6.20. The zero-order valence-electron chi connectivity index (χ0n) is 15.3. The van der Waals surface area contributed by atoms with Gasteiger partial charge in [-0.15, -0.1) is 12.3 Å². The van der Waals surface area contributed by atoms with Crippen LogP contribution in [0, 0.1) is 12.3 Å². The normalized spacial score (nSPS) is 12.0. The van der Waals surface area contributed by atoms with E-state index in [1.54, 1.807) is 5.32 Å². The zero-order valence-corrected chi connectivity index (χ0v) is 15.3. The van der Waals surface area contributed by atoms with Gasteiger partial charge in [0.25, 0.3) is 0 Å². The average Bonchev–Trinajstić information content (AvgIpc) is 2.60. The van der Waals surface area contributed by atoms with Gasteiger partial charge in [0.05, 0.1) is 12.6 Å². The highest BCUT2D eigenvalue weighted by Gasteiger charge is 2.38. The quantitative estimate of drug-likeness (QED) is 0.320. The molecule has 7 nitrogen and oxygen atoms in total. The second-order valence-electron chi connectivity index (χ2n) is 5.81. The summed E-state index contributed by atoms with van der Waals surface area (Å²) >= 11 is 0. The van der Waals surface area contributed by atoms with E-state index in [0.29, 0.717) is 0 Å². The van der Waals surface area contributed by atoms with Gasteiger partial charge in [-0.3, -0.25) is 14.4 Å². The van der Waals surface area contributed by atoms with Gasteiger partial charge < -0.3 is 20.7 Å². The van der Waals surface area contributed by atoms with Crippen molar-refractivity contribution in [2.45, 2.75) is 51.3 Å². The third kappa shape index (κ3) is 14.6. The lowest BCUT2D eigenvalue weighted by molar-refractivity contribution is -0.173. The summed E-state index contributed by atoms with van der Waals surface area (Å²) in [4.78, 5) is 33.6. The van der Waals surface area contributed by atoms with E-state index in [1.165, 1.54) is 0 Å². The van der Waals surface area contributed by atoms with Gasteiger partial charge in [0, 0.05) is 19.5 Å². The Morgan fingerprint density at radius 1 is 1.04 bits per heavy atom. The molecule has 3 N–H and O–H groups in total. The van der Waals surface area contributed by atoms with Gasteiger partial charge in [-0.05, 0) is 19.8 Å². The van der Waals surface area contributed by atoms with Crippen molar-refractivity contribution in [2.24, 2.45) is 0 Å². The lowest BCUT2D eigenvalue weighted by Crippen LogP contribution is -2.43. The molecule has 0 bridgehead atoms. The van der Waals surface area contributed by atoms with Crippen LogP contribution in [0.4, 0.5) is 13.2 Å². The highest BCUT2D eigenvalue weighted by Crippen LogP contribution is 2.13. The number of alkyl halides is 3. The number of amides is 3. The number of rotatable bonds is 13.